The topological polar surface area (TPSA) is 101 Å². The summed E-state index contributed by atoms with van der Waals surface area (Å²) in [6.45, 7) is 15.7. The number of ether oxygens (including phenoxy) is 1. The second-order valence-corrected chi connectivity index (χ2v) is 10.9. The molecule has 2 aliphatic rings. The maximum atomic E-state index is 12.3. The monoisotopic (exact) mass is 504 g/mol. The first-order valence-corrected chi connectivity index (χ1v) is 13.0. The van der Waals surface area contributed by atoms with Gasteiger partial charge < -0.3 is 19.9 Å². The summed E-state index contributed by atoms with van der Waals surface area (Å²) in [5.41, 5.74) is 6.09. The first kappa shape index (κ1) is 25.0. The van der Waals surface area contributed by atoms with Crippen LogP contribution in [-0.4, -0.2) is 67.5 Å². The Bertz CT molecular complexity index is 1280. The second-order valence-electron chi connectivity index (χ2n) is 10.9. The van der Waals surface area contributed by atoms with Gasteiger partial charge in [0.1, 0.15) is 11.4 Å². The van der Waals surface area contributed by atoms with Gasteiger partial charge in [0.2, 0.25) is 5.95 Å². The summed E-state index contributed by atoms with van der Waals surface area (Å²) in [5.74, 6) is 1.56. The van der Waals surface area contributed by atoms with E-state index in [2.05, 4.69) is 45.6 Å². The third-order valence-electron chi connectivity index (χ3n) is 6.65. The number of pyridine rings is 1. The summed E-state index contributed by atoms with van der Waals surface area (Å²) in [6, 6.07) is 3.97. The largest absolute Gasteiger partial charge is 0.444 e. The van der Waals surface area contributed by atoms with E-state index in [1.165, 1.54) is 5.69 Å². The highest BCUT2D eigenvalue weighted by Gasteiger charge is 2.30. The minimum Gasteiger partial charge on any atom is -0.444 e. The van der Waals surface area contributed by atoms with E-state index in [4.69, 9.17) is 14.8 Å². The smallest absolute Gasteiger partial charge is 0.410 e. The first-order valence-electron chi connectivity index (χ1n) is 13.0. The van der Waals surface area contributed by atoms with Gasteiger partial charge in [-0.25, -0.2) is 19.7 Å². The van der Waals surface area contributed by atoms with Crippen molar-refractivity contribution >= 4 is 23.5 Å². The van der Waals surface area contributed by atoms with Crippen molar-refractivity contribution in [1.29, 1.82) is 0 Å². The van der Waals surface area contributed by atoms with Crippen LogP contribution in [0.3, 0.4) is 0 Å². The quantitative estimate of drug-likeness (QED) is 0.421. The number of rotatable bonds is 5. The molecule has 0 saturated carbocycles. The van der Waals surface area contributed by atoms with Crippen LogP contribution in [-0.2, 0) is 17.7 Å². The third-order valence-corrected chi connectivity index (χ3v) is 6.65. The predicted octanol–water partition coefficient (Wildman–Crippen LogP) is 4.58. The van der Waals surface area contributed by atoms with Crippen LogP contribution in [0.2, 0.25) is 0 Å². The highest BCUT2D eigenvalue weighted by atomic mass is 16.6. The maximum absolute atomic E-state index is 12.3. The van der Waals surface area contributed by atoms with Gasteiger partial charge in [-0.15, -0.1) is 0 Å². The zero-order valence-corrected chi connectivity index (χ0v) is 22.6. The van der Waals surface area contributed by atoms with E-state index in [1.807, 2.05) is 45.3 Å². The van der Waals surface area contributed by atoms with Crippen LogP contribution in [0.25, 0.3) is 11.3 Å². The zero-order valence-electron chi connectivity index (χ0n) is 22.6. The fourth-order valence-corrected chi connectivity index (χ4v) is 4.96. The molecule has 1 aliphatic carbocycles. The minimum absolute atomic E-state index is 0.256. The molecule has 10 nitrogen and oxygen atoms in total. The summed E-state index contributed by atoms with van der Waals surface area (Å²) in [6.07, 6.45) is 4.25. The van der Waals surface area contributed by atoms with E-state index in [0.29, 0.717) is 30.8 Å². The van der Waals surface area contributed by atoms with Gasteiger partial charge in [-0.2, -0.15) is 5.10 Å². The molecule has 5 rings (SSSR count). The van der Waals surface area contributed by atoms with Crippen LogP contribution >= 0.6 is 0 Å². The van der Waals surface area contributed by atoms with Crippen molar-refractivity contribution < 1.29 is 9.53 Å². The number of nitrogens with one attached hydrogen (secondary N) is 1. The third kappa shape index (κ3) is 5.10. The molecular formula is C27H36N8O2. The van der Waals surface area contributed by atoms with Gasteiger partial charge in [-0.05, 0) is 45.7 Å². The average Bonchev–Trinajstić information content (AvgIpc) is 3.39. The molecule has 4 heterocycles. The molecule has 0 spiro atoms. The number of fused-ring (bicyclic) bond motifs is 3. The molecule has 0 bridgehead atoms. The Morgan fingerprint density at radius 2 is 1.86 bits per heavy atom. The summed E-state index contributed by atoms with van der Waals surface area (Å²) in [7, 11) is 0. The van der Waals surface area contributed by atoms with Gasteiger partial charge in [0.25, 0.3) is 0 Å². The van der Waals surface area contributed by atoms with Crippen molar-refractivity contribution in [2.75, 3.05) is 36.4 Å². The lowest BCUT2D eigenvalue weighted by Crippen LogP contribution is -2.50. The Labute approximate surface area is 218 Å². The zero-order chi connectivity index (χ0) is 26.3. The molecule has 37 heavy (non-hydrogen) atoms. The predicted molar refractivity (Wildman–Crippen MR) is 143 cm³/mol. The number of aryl methyl sites for hydroxylation is 1. The SMILES string of the molecule is CCn1nc2c(c1C(C)C)-c1nc(Nc3ccc(N4CCN(C(=O)OC(C)(C)C)CC4)cn3)ncc1C2. The standard InChI is InChI=1S/C27H36N8O2/c1-7-35-24(17(2)3)22-20(32-35)14-18-15-29-25(31-23(18)22)30-21-9-8-19(16-28-21)33-10-12-34(13-11-33)26(36)37-27(4,5)6/h8-9,15-17H,7,10-14H2,1-6H3,(H,28,29,30,31). The van der Waals surface area contributed by atoms with Crippen molar-refractivity contribution in [1.82, 2.24) is 29.6 Å². The van der Waals surface area contributed by atoms with Crippen LogP contribution in [0.4, 0.5) is 22.2 Å². The fourth-order valence-electron chi connectivity index (χ4n) is 4.96. The Kier molecular flexibility index (Phi) is 6.51. The Morgan fingerprint density at radius 1 is 1.11 bits per heavy atom. The average molecular weight is 505 g/mol. The molecule has 0 unspecified atom stereocenters. The number of anilines is 3. The Balaban J connectivity index is 1.25. The highest BCUT2D eigenvalue weighted by molar-refractivity contribution is 5.75. The van der Waals surface area contributed by atoms with Gasteiger partial charge >= 0.3 is 6.09 Å². The van der Waals surface area contributed by atoms with Crippen LogP contribution in [0.15, 0.2) is 24.5 Å². The van der Waals surface area contributed by atoms with Gasteiger partial charge in [-0.1, -0.05) is 13.8 Å². The molecule has 1 N–H and O–H groups in total. The maximum Gasteiger partial charge on any atom is 0.410 e. The van der Waals surface area contributed by atoms with E-state index in [1.54, 1.807) is 4.90 Å². The van der Waals surface area contributed by atoms with Gasteiger partial charge in [0.05, 0.1) is 29.0 Å². The fraction of sp³-hybridized carbons (Fsp3) is 0.519. The number of piperazine rings is 1. The van der Waals surface area contributed by atoms with Gasteiger partial charge in [0, 0.05) is 56.5 Å². The summed E-state index contributed by atoms with van der Waals surface area (Å²) in [4.78, 5) is 30.3. The molecule has 0 atom stereocenters. The van der Waals surface area contributed by atoms with Crippen molar-refractivity contribution in [3.05, 3.63) is 41.5 Å². The molecule has 0 radical (unpaired) electrons. The van der Waals surface area contributed by atoms with E-state index in [-0.39, 0.29) is 6.09 Å². The van der Waals surface area contributed by atoms with Gasteiger partial charge in [0.15, 0.2) is 0 Å². The molecule has 1 aliphatic heterocycles. The van der Waals surface area contributed by atoms with Crippen LogP contribution in [0, 0.1) is 0 Å². The van der Waals surface area contributed by atoms with Crippen LogP contribution in [0.5, 0.6) is 0 Å². The second kappa shape index (κ2) is 9.64. The lowest BCUT2D eigenvalue weighted by molar-refractivity contribution is 0.0240. The van der Waals surface area contributed by atoms with E-state index < -0.39 is 5.60 Å². The molecule has 10 heteroatoms. The van der Waals surface area contributed by atoms with Crippen molar-refractivity contribution in [2.24, 2.45) is 0 Å². The van der Waals surface area contributed by atoms with Crippen LogP contribution < -0.4 is 10.2 Å². The lowest BCUT2D eigenvalue weighted by Gasteiger charge is -2.36. The van der Waals surface area contributed by atoms with Crippen molar-refractivity contribution in [3.8, 4) is 11.3 Å². The number of carbonyl (C=O) groups is 1. The first-order chi connectivity index (χ1) is 17.6. The highest BCUT2D eigenvalue weighted by Crippen LogP contribution is 2.40. The number of hydrogen-bond acceptors (Lipinski definition) is 8. The molecule has 196 valence electrons. The number of carbonyl (C=O) groups excluding carboxylic acids is 1. The number of hydrogen-bond donors (Lipinski definition) is 1. The minimum atomic E-state index is -0.486. The van der Waals surface area contributed by atoms with Crippen molar-refractivity contribution in [3.63, 3.8) is 0 Å². The lowest BCUT2D eigenvalue weighted by atomic mass is 10.0. The summed E-state index contributed by atoms with van der Waals surface area (Å²) in [5, 5.41) is 8.08. The van der Waals surface area contributed by atoms with E-state index in [0.717, 1.165) is 54.3 Å². The number of aromatic nitrogens is 5. The number of nitrogens with zero attached hydrogens (tertiary/aromatic N) is 7. The summed E-state index contributed by atoms with van der Waals surface area (Å²) < 4.78 is 7.59. The molecule has 1 amide bonds. The van der Waals surface area contributed by atoms with Crippen LogP contribution in [0.1, 0.15) is 64.4 Å². The molecule has 3 aromatic rings. The Hall–Kier alpha value is -3.69. The molecule has 3 aromatic heterocycles. The molecule has 0 aromatic carbocycles. The Morgan fingerprint density at radius 3 is 2.49 bits per heavy atom. The van der Waals surface area contributed by atoms with Gasteiger partial charge in [-0.3, -0.25) is 4.68 Å². The molecule has 1 saturated heterocycles. The van der Waals surface area contributed by atoms with E-state index >= 15 is 0 Å². The van der Waals surface area contributed by atoms with E-state index in [9.17, 15) is 4.79 Å². The number of amides is 1. The molecule has 1 fully saturated rings. The van der Waals surface area contributed by atoms with Crippen molar-refractivity contribution in [2.45, 2.75) is 66.0 Å². The normalized spacial score (nSPS) is 15.1. The summed E-state index contributed by atoms with van der Waals surface area (Å²) >= 11 is 0. The molecular weight excluding hydrogens is 468 g/mol.